The van der Waals surface area contributed by atoms with Gasteiger partial charge in [-0.1, -0.05) is 41.4 Å². The zero-order chi connectivity index (χ0) is 19.1. The van der Waals surface area contributed by atoms with Gasteiger partial charge in [-0.25, -0.2) is 0 Å². The first kappa shape index (κ1) is 19.8. The highest BCUT2D eigenvalue weighted by atomic mass is 35.5. The molecule has 0 spiro atoms. The summed E-state index contributed by atoms with van der Waals surface area (Å²) in [4.78, 5) is 35.8. The molecule has 2 aromatic rings. The Labute approximate surface area is 160 Å². The Hall–Kier alpha value is -2.57. The van der Waals surface area contributed by atoms with Crippen LogP contribution in [0.15, 0.2) is 48.5 Å². The lowest BCUT2D eigenvalue weighted by Crippen LogP contribution is -2.35. The Balaban J connectivity index is 1.83. The zero-order valence-electron chi connectivity index (χ0n) is 13.8. The summed E-state index contributed by atoms with van der Waals surface area (Å²) in [6, 6.07) is 13.0. The smallest absolute Gasteiger partial charge is 0.326 e. The number of halogens is 2. The molecule has 26 heavy (non-hydrogen) atoms. The van der Waals surface area contributed by atoms with Crippen molar-refractivity contribution in [3.05, 3.63) is 64.1 Å². The minimum Gasteiger partial charge on any atom is -0.451 e. The van der Waals surface area contributed by atoms with Gasteiger partial charge in [-0.3, -0.25) is 14.4 Å². The quantitative estimate of drug-likeness (QED) is 0.736. The maximum absolute atomic E-state index is 12.1. The predicted octanol–water partition coefficient (Wildman–Crippen LogP) is 3.29. The molecule has 0 saturated carbocycles. The molecule has 0 aliphatic carbocycles. The maximum atomic E-state index is 12.1. The van der Waals surface area contributed by atoms with Gasteiger partial charge in [0.2, 0.25) is 0 Å². The van der Waals surface area contributed by atoms with Crippen LogP contribution in [0, 0.1) is 0 Å². The molecule has 0 heterocycles. The Bertz CT molecular complexity index is 812. The van der Waals surface area contributed by atoms with Gasteiger partial charge < -0.3 is 15.4 Å². The van der Waals surface area contributed by atoms with Crippen LogP contribution in [0.1, 0.15) is 17.3 Å². The van der Waals surface area contributed by atoms with E-state index in [9.17, 15) is 14.4 Å². The largest absolute Gasteiger partial charge is 0.451 e. The summed E-state index contributed by atoms with van der Waals surface area (Å²) in [5.41, 5.74) is 0.728. The van der Waals surface area contributed by atoms with E-state index in [-0.39, 0.29) is 6.54 Å². The second-order valence-electron chi connectivity index (χ2n) is 5.29. The molecule has 0 radical (unpaired) electrons. The number of carbonyl (C=O) groups excluding carboxylic acids is 3. The van der Waals surface area contributed by atoms with Crippen LogP contribution in [0.5, 0.6) is 0 Å². The van der Waals surface area contributed by atoms with Gasteiger partial charge in [-0.2, -0.15) is 0 Å². The number of amides is 2. The molecule has 8 heteroatoms. The van der Waals surface area contributed by atoms with Crippen molar-refractivity contribution in [2.24, 2.45) is 0 Å². The van der Waals surface area contributed by atoms with E-state index in [1.165, 1.54) is 19.1 Å². The summed E-state index contributed by atoms with van der Waals surface area (Å²) in [6.07, 6.45) is -1.08. The van der Waals surface area contributed by atoms with Crippen molar-refractivity contribution in [1.29, 1.82) is 0 Å². The van der Waals surface area contributed by atoms with Crippen molar-refractivity contribution in [3.8, 4) is 0 Å². The molecule has 2 rings (SSSR count). The summed E-state index contributed by atoms with van der Waals surface area (Å²) >= 11 is 11.8. The summed E-state index contributed by atoms with van der Waals surface area (Å²) in [5.74, 6) is -1.73. The molecule has 0 fully saturated rings. The lowest BCUT2D eigenvalue weighted by molar-refractivity contribution is -0.152. The average Bonchev–Trinajstić information content (AvgIpc) is 2.63. The molecule has 0 bridgehead atoms. The lowest BCUT2D eigenvalue weighted by atomic mass is 10.2. The van der Waals surface area contributed by atoms with E-state index in [2.05, 4.69) is 10.6 Å². The van der Waals surface area contributed by atoms with E-state index in [0.29, 0.717) is 21.3 Å². The number of ether oxygens (including phenoxy) is 1. The van der Waals surface area contributed by atoms with E-state index in [1.807, 2.05) is 0 Å². The minimum absolute atomic E-state index is 0.302. The molecule has 0 aliphatic rings. The van der Waals surface area contributed by atoms with E-state index in [0.717, 1.165) is 0 Å². The van der Waals surface area contributed by atoms with Crippen molar-refractivity contribution < 1.29 is 19.1 Å². The lowest BCUT2D eigenvalue weighted by Gasteiger charge is -2.14. The molecule has 0 aliphatic heterocycles. The SMILES string of the molecule is C[C@H](OC(=O)CNC(=O)c1ccccc1)C(=O)Nc1cc(Cl)ccc1Cl. The number of esters is 1. The van der Waals surface area contributed by atoms with Gasteiger partial charge in [0.15, 0.2) is 6.10 Å². The second-order valence-corrected chi connectivity index (χ2v) is 6.14. The number of nitrogens with one attached hydrogen (secondary N) is 2. The zero-order valence-corrected chi connectivity index (χ0v) is 15.3. The average molecular weight is 395 g/mol. The first-order chi connectivity index (χ1) is 12.4. The van der Waals surface area contributed by atoms with E-state index in [4.69, 9.17) is 27.9 Å². The van der Waals surface area contributed by atoms with E-state index < -0.39 is 23.9 Å². The molecule has 2 amide bonds. The van der Waals surface area contributed by atoms with Crippen LogP contribution in [-0.4, -0.2) is 30.4 Å². The highest BCUT2D eigenvalue weighted by Crippen LogP contribution is 2.25. The third-order valence-electron chi connectivity index (χ3n) is 3.29. The Morgan fingerprint density at radius 2 is 1.77 bits per heavy atom. The highest BCUT2D eigenvalue weighted by molar-refractivity contribution is 6.35. The highest BCUT2D eigenvalue weighted by Gasteiger charge is 2.19. The van der Waals surface area contributed by atoms with Gasteiger partial charge in [0.05, 0.1) is 10.7 Å². The Morgan fingerprint density at radius 1 is 1.08 bits per heavy atom. The monoisotopic (exact) mass is 394 g/mol. The van der Waals surface area contributed by atoms with Gasteiger partial charge in [0, 0.05) is 10.6 Å². The molecule has 0 saturated heterocycles. The molecule has 6 nitrogen and oxygen atoms in total. The number of carbonyl (C=O) groups is 3. The number of hydrogen-bond acceptors (Lipinski definition) is 4. The molecule has 2 N–H and O–H groups in total. The van der Waals surface area contributed by atoms with Crippen LogP contribution in [0.25, 0.3) is 0 Å². The Kier molecular flexibility index (Phi) is 7.00. The fraction of sp³-hybridized carbons (Fsp3) is 0.167. The molecular weight excluding hydrogens is 379 g/mol. The topological polar surface area (TPSA) is 84.5 Å². The number of benzene rings is 2. The number of anilines is 1. The van der Waals surface area contributed by atoms with Gasteiger partial charge in [-0.15, -0.1) is 0 Å². The van der Waals surface area contributed by atoms with Gasteiger partial charge in [0.25, 0.3) is 11.8 Å². The Morgan fingerprint density at radius 3 is 2.46 bits per heavy atom. The summed E-state index contributed by atoms with van der Waals surface area (Å²) in [6.45, 7) is 1.05. The summed E-state index contributed by atoms with van der Waals surface area (Å²) in [7, 11) is 0. The first-order valence-corrected chi connectivity index (χ1v) is 8.41. The maximum Gasteiger partial charge on any atom is 0.326 e. The van der Waals surface area contributed by atoms with Gasteiger partial charge in [0.1, 0.15) is 6.54 Å². The van der Waals surface area contributed by atoms with E-state index in [1.54, 1.807) is 36.4 Å². The summed E-state index contributed by atoms with van der Waals surface area (Å²) in [5, 5.41) is 5.66. The van der Waals surface area contributed by atoms with Crippen LogP contribution >= 0.6 is 23.2 Å². The normalized spacial score (nSPS) is 11.3. The molecule has 136 valence electrons. The van der Waals surface area contributed by atoms with Crippen molar-refractivity contribution in [2.75, 3.05) is 11.9 Å². The van der Waals surface area contributed by atoms with Gasteiger partial charge >= 0.3 is 5.97 Å². The number of rotatable bonds is 6. The fourth-order valence-corrected chi connectivity index (χ4v) is 2.30. The van der Waals surface area contributed by atoms with Crippen LogP contribution in [0.4, 0.5) is 5.69 Å². The van der Waals surface area contributed by atoms with Crippen molar-refractivity contribution in [1.82, 2.24) is 5.32 Å². The second kappa shape index (κ2) is 9.22. The summed E-state index contributed by atoms with van der Waals surface area (Å²) < 4.78 is 5.00. The van der Waals surface area contributed by atoms with Crippen molar-refractivity contribution in [2.45, 2.75) is 13.0 Å². The predicted molar refractivity (Wildman–Crippen MR) is 99.4 cm³/mol. The number of hydrogen-bond donors (Lipinski definition) is 2. The van der Waals surface area contributed by atoms with Crippen LogP contribution in [0.3, 0.4) is 0 Å². The van der Waals surface area contributed by atoms with Crippen LogP contribution in [-0.2, 0) is 14.3 Å². The molecule has 0 aromatic heterocycles. The third kappa shape index (κ3) is 5.75. The molecular formula is C18H16Cl2N2O4. The third-order valence-corrected chi connectivity index (χ3v) is 3.86. The van der Waals surface area contributed by atoms with Gasteiger partial charge in [-0.05, 0) is 37.3 Å². The first-order valence-electron chi connectivity index (χ1n) is 7.65. The van der Waals surface area contributed by atoms with Crippen molar-refractivity contribution >= 4 is 46.7 Å². The van der Waals surface area contributed by atoms with Crippen LogP contribution < -0.4 is 10.6 Å². The molecule has 0 unspecified atom stereocenters. The minimum atomic E-state index is -1.08. The standard InChI is InChI=1S/C18H16Cl2N2O4/c1-11(17(24)22-15-9-13(19)7-8-14(15)20)26-16(23)10-21-18(25)12-5-3-2-4-6-12/h2-9,11H,10H2,1H3,(H,21,25)(H,22,24)/t11-/m0/s1. The molecule has 2 aromatic carbocycles. The van der Waals surface area contributed by atoms with E-state index >= 15 is 0 Å². The van der Waals surface area contributed by atoms with Crippen molar-refractivity contribution in [3.63, 3.8) is 0 Å². The fourth-order valence-electron chi connectivity index (χ4n) is 1.96. The molecule has 1 atom stereocenters. The van der Waals surface area contributed by atoms with Crippen LogP contribution in [0.2, 0.25) is 10.0 Å².